The minimum absolute atomic E-state index is 0. The minimum atomic E-state index is -1.18. The zero-order valence-electron chi connectivity index (χ0n) is 12.8. The van der Waals surface area contributed by atoms with Gasteiger partial charge in [0.15, 0.2) is 10.8 Å². The fraction of sp³-hybridized carbons (Fsp3) is 0.308. The van der Waals surface area contributed by atoms with Crippen molar-refractivity contribution < 1.29 is 24.3 Å². The number of aliphatic carboxylic acids is 1. The number of hydrogen-bond acceptors (Lipinski definition) is 9. The van der Waals surface area contributed by atoms with E-state index < -0.39 is 29.2 Å². The molecule has 1 aromatic rings. The number of hydrogen-bond donors (Lipinski definition) is 3. The van der Waals surface area contributed by atoms with Crippen LogP contribution in [-0.2, 0) is 19.2 Å². The molecule has 1 aromatic heterocycles. The summed E-state index contributed by atoms with van der Waals surface area (Å²) in [5, 5.41) is 16.7. The van der Waals surface area contributed by atoms with E-state index in [0.29, 0.717) is 5.75 Å². The third-order valence-corrected chi connectivity index (χ3v) is 5.37. The molecule has 26 heavy (non-hydrogen) atoms. The Hall–Kier alpha value is -1.60. The number of anilines is 1. The van der Waals surface area contributed by atoms with E-state index >= 15 is 0 Å². The molecular weight excluding hydrogens is 393 g/mol. The number of rotatable bonds is 5. The molecule has 10 nitrogen and oxygen atoms in total. The van der Waals surface area contributed by atoms with Gasteiger partial charge in [-0.15, -0.1) is 23.1 Å². The van der Waals surface area contributed by atoms with Gasteiger partial charge in [-0.05, 0) is 6.08 Å². The molecule has 3 heterocycles. The van der Waals surface area contributed by atoms with Gasteiger partial charge in [0.05, 0.1) is 0 Å². The average molecular weight is 407 g/mol. The Morgan fingerprint density at radius 2 is 2.27 bits per heavy atom. The zero-order valence-corrected chi connectivity index (χ0v) is 14.5. The molecule has 0 saturated carbocycles. The van der Waals surface area contributed by atoms with Gasteiger partial charge >= 0.3 is 35.5 Å². The Bertz CT molecular complexity index is 811. The van der Waals surface area contributed by atoms with Gasteiger partial charge in [0.2, 0.25) is 0 Å². The molecule has 1 fully saturated rings. The van der Waals surface area contributed by atoms with Crippen LogP contribution in [0.5, 0.6) is 0 Å². The number of carboxylic acids is 1. The number of carbonyl (C=O) groups is 3. The number of carboxylic acid groups (broad SMARTS) is 1. The van der Waals surface area contributed by atoms with Crippen molar-refractivity contribution >= 4 is 81.3 Å². The van der Waals surface area contributed by atoms with Crippen molar-refractivity contribution in [3.8, 4) is 0 Å². The van der Waals surface area contributed by atoms with Gasteiger partial charge in [-0.1, -0.05) is 5.16 Å². The van der Waals surface area contributed by atoms with Crippen molar-refractivity contribution in [1.82, 2.24) is 15.2 Å². The third-order valence-electron chi connectivity index (χ3n) is 3.51. The first kappa shape index (κ1) is 20.7. The van der Waals surface area contributed by atoms with Gasteiger partial charge < -0.3 is 21.0 Å². The first-order chi connectivity index (χ1) is 11.9. The molecule has 2 aliphatic rings. The number of nitrogen functional groups attached to an aromatic ring is 1. The van der Waals surface area contributed by atoms with E-state index in [0.717, 1.165) is 16.2 Å². The van der Waals surface area contributed by atoms with E-state index in [9.17, 15) is 14.4 Å². The van der Waals surface area contributed by atoms with Crippen LogP contribution in [0.1, 0.15) is 5.69 Å². The molecule has 1 saturated heterocycles. The van der Waals surface area contributed by atoms with Gasteiger partial charge in [0.1, 0.15) is 29.9 Å². The summed E-state index contributed by atoms with van der Waals surface area (Å²) in [6, 6.07) is -0.849. The molecule has 0 radical (unpaired) electrons. The Morgan fingerprint density at radius 1 is 1.54 bits per heavy atom. The van der Waals surface area contributed by atoms with Crippen molar-refractivity contribution in [3.05, 3.63) is 22.8 Å². The number of fused-ring (bicyclic) bond motifs is 1. The van der Waals surface area contributed by atoms with Gasteiger partial charge in [-0.3, -0.25) is 14.5 Å². The molecular formula is C13H14N5NaO5S2. The summed E-state index contributed by atoms with van der Waals surface area (Å²) in [5.74, 6) is -1.89. The number of thiazole rings is 1. The number of nitrogens with zero attached hydrogens (tertiary/aromatic N) is 3. The first-order valence-corrected chi connectivity index (χ1v) is 8.88. The number of aromatic nitrogens is 1. The van der Waals surface area contributed by atoms with Crippen LogP contribution in [0, 0.1) is 0 Å². The monoisotopic (exact) mass is 407 g/mol. The number of β-lactam (4-membered cyclic amide) rings is 1. The summed E-state index contributed by atoms with van der Waals surface area (Å²) in [7, 11) is 1.28. The quantitative estimate of drug-likeness (QED) is 0.239. The van der Waals surface area contributed by atoms with E-state index in [4.69, 9.17) is 10.8 Å². The molecule has 13 heteroatoms. The van der Waals surface area contributed by atoms with E-state index in [1.165, 1.54) is 24.9 Å². The number of amides is 2. The molecule has 2 atom stereocenters. The van der Waals surface area contributed by atoms with Gasteiger partial charge in [-0.25, -0.2) is 9.78 Å². The standard InChI is InChI=1S/C13H13N5O5S2.Na.H/c1-23-17-7(5-4-25-13(14)15-5)9(19)16-8-10(20)18-6(12(21)22)2-3-24-11(8)18;;/h2,4,8,11H,3H2,1H3,(H2,14,15)(H,16,19)(H,21,22);;/b17-7-;;/t8-,11-;;/m1../s1. The summed E-state index contributed by atoms with van der Waals surface area (Å²) in [4.78, 5) is 45.7. The van der Waals surface area contributed by atoms with Crippen molar-refractivity contribution in [3.63, 3.8) is 0 Å². The maximum atomic E-state index is 12.5. The Kier molecular flexibility index (Phi) is 6.69. The average Bonchev–Trinajstić information content (AvgIpc) is 3.02. The number of thioether (sulfide) groups is 1. The topological polar surface area (TPSA) is 147 Å². The number of carbonyl (C=O) groups excluding carboxylic acids is 2. The van der Waals surface area contributed by atoms with Crippen LogP contribution in [-0.4, -0.2) is 92.3 Å². The molecule has 0 aliphatic carbocycles. The number of nitrogens with two attached hydrogens (primary N) is 1. The van der Waals surface area contributed by atoms with Crippen LogP contribution in [0.3, 0.4) is 0 Å². The molecule has 134 valence electrons. The van der Waals surface area contributed by atoms with Crippen LogP contribution >= 0.6 is 23.1 Å². The molecule has 2 aliphatic heterocycles. The van der Waals surface area contributed by atoms with Crippen LogP contribution in [0.25, 0.3) is 0 Å². The second kappa shape index (κ2) is 8.39. The Balaban J connectivity index is 0.00000243. The normalized spacial score (nSPS) is 21.7. The Labute approximate surface area is 178 Å². The van der Waals surface area contributed by atoms with Crippen molar-refractivity contribution in [2.75, 3.05) is 18.6 Å². The van der Waals surface area contributed by atoms with E-state index in [-0.39, 0.29) is 51.8 Å². The molecule has 0 spiro atoms. The Morgan fingerprint density at radius 3 is 2.85 bits per heavy atom. The summed E-state index contributed by atoms with van der Waals surface area (Å²) in [6.07, 6.45) is 1.47. The van der Waals surface area contributed by atoms with Crippen molar-refractivity contribution in [2.45, 2.75) is 11.4 Å². The van der Waals surface area contributed by atoms with Crippen molar-refractivity contribution in [1.29, 1.82) is 0 Å². The summed E-state index contributed by atoms with van der Waals surface area (Å²) in [6.45, 7) is 0. The SMILES string of the molecule is CO/N=C(\C(=O)N[C@@H]1C(=O)N2C(C(=O)O)=CCS[C@H]12)c1csc(N)n1.[NaH]. The van der Waals surface area contributed by atoms with Gasteiger partial charge in [-0.2, -0.15) is 0 Å². The predicted octanol–water partition coefficient (Wildman–Crippen LogP) is -1.20. The number of oxime groups is 1. The van der Waals surface area contributed by atoms with E-state index in [2.05, 4.69) is 20.3 Å². The molecule has 0 unspecified atom stereocenters. The molecule has 3 rings (SSSR count). The summed E-state index contributed by atoms with van der Waals surface area (Å²) in [5.41, 5.74) is 5.60. The van der Waals surface area contributed by atoms with E-state index in [1.807, 2.05) is 0 Å². The second-order valence-corrected chi connectivity index (χ2v) is 7.01. The molecule has 4 N–H and O–H groups in total. The molecule has 0 aromatic carbocycles. The summed E-state index contributed by atoms with van der Waals surface area (Å²) < 4.78 is 0. The maximum absolute atomic E-state index is 12.5. The van der Waals surface area contributed by atoms with Crippen LogP contribution in [0.15, 0.2) is 22.3 Å². The van der Waals surface area contributed by atoms with Crippen LogP contribution < -0.4 is 11.1 Å². The van der Waals surface area contributed by atoms with E-state index in [1.54, 1.807) is 5.38 Å². The van der Waals surface area contributed by atoms with Gasteiger partial charge in [0.25, 0.3) is 11.8 Å². The second-order valence-electron chi connectivity index (χ2n) is 4.97. The first-order valence-electron chi connectivity index (χ1n) is 6.95. The number of nitrogens with one attached hydrogen (secondary N) is 1. The third kappa shape index (κ3) is 3.74. The van der Waals surface area contributed by atoms with Gasteiger partial charge in [0, 0.05) is 11.1 Å². The van der Waals surface area contributed by atoms with Crippen LogP contribution in [0.2, 0.25) is 0 Å². The summed E-state index contributed by atoms with van der Waals surface area (Å²) >= 11 is 2.49. The molecule has 2 amide bonds. The fourth-order valence-electron chi connectivity index (χ4n) is 2.44. The fourth-order valence-corrected chi connectivity index (χ4v) is 4.18. The van der Waals surface area contributed by atoms with Crippen LogP contribution in [0.4, 0.5) is 5.13 Å². The molecule has 0 bridgehead atoms. The van der Waals surface area contributed by atoms with Crippen molar-refractivity contribution in [2.24, 2.45) is 5.16 Å². The predicted molar refractivity (Wildman–Crippen MR) is 98.0 cm³/mol. The zero-order chi connectivity index (χ0) is 18.1.